The van der Waals surface area contributed by atoms with Crippen molar-refractivity contribution in [2.75, 3.05) is 13.7 Å². The molecule has 0 spiro atoms. The number of ether oxygens (including phenoxy) is 2. The van der Waals surface area contributed by atoms with Crippen LogP contribution in [0.2, 0.25) is 5.02 Å². The highest BCUT2D eigenvalue weighted by Crippen LogP contribution is 2.17. The third-order valence-electron chi connectivity index (χ3n) is 1.77. The second kappa shape index (κ2) is 6.77. The van der Waals surface area contributed by atoms with Crippen molar-refractivity contribution in [1.29, 1.82) is 0 Å². The lowest BCUT2D eigenvalue weighted by molar-refractivity contribution is -0.141. The van der Waals surface area contributed by atoms with Gasteiger partial charge in [-0.05, 0) is 13.0 Å². The number of esters is 1. The normalized spacial score (nSPS) is 9.12. The predicted molar refractivity (Wildman–Crippen MR) is 63.9 cm³/mol. The number of hydrogen-bond acceptors (Lipinski definition) is 4. The number of nitrogens with zero attached hydrogens (tertiary/aromatic N) is 1. The van der Waals surface area contributed by atoms with Crippen molar-refractivity contribution in [3.63, 3.8) is 0 Å². The molecule has 1 rings (SSSR count). The first-order valence-corrected chi connectivity index (χ1v) is 5.39. The molecule has 1 heterocycles. The van der Waals surface area contributed by atoms with E-state index in [1.54, 1.807) is 13.0 Å². The highest BCUT2D eigenvalue weighted by Gasteiger charge is 2.02. The monoisotopic (exact) mass is 253 g/mol. The van der Waals surface area contributed by atoms with Crippen molar-refractivity contribution in [3.8, 4) is 17.7 Å². The summed E-state index contributed by atoms with van der Waals surface area (Å²) in [5.74, 6) is 5.48. The van der Waals surface area contributed by atoms with Gasteiger partial charge in [-0.2, -0.15) is 0 Å². The van der Waals surface area contributed by atoms with Crippen LogP contribution in [-0.2, 0) is 9.53 Å². The fraction of sp³-hybridized carbons (Fsp3) is 0.333. The SMILES string of the molecule is CCOC(=O)CC#Cc1cc(Cl)cnc1OC. The summed E-state index contributed by atoms with van der Waals surface area (Å²) in [4.78, 5) is 15.0. The van der Waals surface area contributed by atoms with Crippen LogP contribution in [0.25, 0.3) is 0 Å². The van der Waals surface area contributed by atoms with Crippen LogP contribution in [0, 0.1) is 11.8 Å². The third-order valence-corrected chi connectivity index (χ3v) is 1.98. The van der Waals surface area contributed by atoms with Crippen LogP contribution in [-0.4, -0.2) is 24.7 Å². The number of pyridine rings is 1. The van der Waals surface area contributed by atoms with Gasteiger partial charge < -0.3 is 9.47 Å². The number of carbonyl (C=O) groups excluding carboxylic acids is 1. The minimum absolute atomic E-state index is 0.0313. The largest absolute Gasteiger partial charge is 0.480 e. The quantitative estimate of drug-likeness (QED) is 0.611. The zero-order chi connectivity index (χ0) is 12.7. The molecule has 0 fully saturated rings. The third kappa shape index (κ3) is 4.33. The molecule has 1 aromatic rings. The van der Waals surface area contributed by atoms with Gasteiger partial charge in [0.15, 0.2) is 0 Å². The first kappa shape index (κ1) is 13.3. The summed E-state index contributed by atoms with van der Waals surface area (Å²) in [6.07, 6.45) is 1.50. The summed E-state index contributed by atoms with van der Waals surface area (Å²) in [6, 6.07) is 1.63. The maximum Gasteiger partial charge on any atom is 0.317 e. The molecule has 90 valence electrons. The van der Waals surface area contributed by atoms with E-state index in [1.165, 1.54) is 13.3 Å². The Balaban J connectivity index is 2.77. The first-order valence-electron chi connectivity index (χ1n) is 5.01. The van der Waals surface area contributed by atoms with E-state index in [1.807, 2.05) is 0 Å². The Kier molecular flexibility index (Phi) is 5.31. The molecule has 0 atom stereocenters. The minimum Gasteiger partial charge on any atom is -0.480 e. The molecule has 1 aromatic heterocycles. The Labute approximate surface area is 105 Å². The predicted octanol–water partition coefficient (Wildman–Crippen LogP) is 2.05. The average molecular weight is 254 g/mol. The van der Waals surface area contributed by atoms with Crippen molar-refractivity contribution in [3.05, 3.63) is 22.8 Å². The smallest absolute Gasteiger partial charge is 0.317 e. The summed E-state index contributed by atoms with van der Waals surface area (Å²) in [5.41, 5.74) is 0.546. The fourth-order valence-corrected chi connectivity index (χ4v) is 1.26. The Bertz CT molecular complexity index is 463. The van der Waals surface area contributed by atoms with Gasteiger partial charge in [0.1, 0.15) is 6.42 Å². The molecule has 4 nitrogen and oxygen atoms in total. The van der Waals surface area contributed by atoms with Gasteiger partial charge in [-0.15, -0.1) is 0 Å². The second-order valence-electron chi connectivity index (χ2n) is 2.99. The molecule has 0 radical (unpaired) electrons. The van der Waals surface area contributed by atoms with Gasteiger partial charge in [0.2, 0.25) is 5.88 Å². The van der Waals surface area contributed by atoms with E-state index in [0.29, 0.717) is 23.1 Å². The van der Waals surface area contributed by atoms with E-state index < -0.39 is 0 Å². The van der Waals surface area contributed by atoms with E-state index in [2.05, 4.69) is 16.8 Å². The van der Waals surface area contributed by atoms with Crippen molar-refractivity contribution >= 4 is 17.6 Å². The molecule has 0 amide bonds. The maximum absolute atomic E-state index is 11.1. The number of hydrogen-bond donors (Lipinski definition) is 0. The zero-order valence-electron chi connectivity index (χ0n) is 9.62. The number of halogens is 1. The molecular formula is C12H12ClNO3. The number of methoxy groups -OCH3 is 1. The van der Waals surface area contributed by atoms with Crippen LogP contribution in [0.4, 0.5) is 0 Å². The fourth-order valence-electron chi connectivity index (χ4n) is 1.10. The summed E-state index contributed by atoms with van der Waals surface area (Å²) in [5, 5.41) is 0.464. The van der Waals surface area contributed by atoms with Gasteiger partial charge in [-0.3, -0.25) is 4.79 Å². The van der Waals surface area contributed by atoms with Gasteiger partial charge in [0.05, 0.1) is 24.3 Å². The molecule has 0 bridgehead atoms. The highest BCUT2D eigenvalue weighted by atomic mass is 35.5. The van der Waals surface area contributed by atoms with Crippen molar-refractivity contribution < 1.29 is 14.3 Å². The van der Waals surface area contributed by atoms with E-state index in [-0.39, 0.29) is 12.4 Å². The van der Waals surface area contributed by atoms with Gasteiger partial charge in [-0.25, -0.2) is 4.98 Å². The lowest BCUT2D eigenvalue weighted by Crippen LogP contribution is -2.01. The summed E-state index contributed by atoms with van der Waals surface area (Å²) >= 11 is 5.79. The van der Waals surface area contributed by atoms with Gasteiger partial charge >= 0.3 is 5.97 Å². The molecule has 0 unspecified atom stereocenters. The standard InChI is InChI=1S/C12H12ClNO3/c1-3-17-11(15)6-4-5-9-7-10(13)8-14-12(9)16-2/h7-8H,3,6H2,1-2H3. The molecule has 0 aliphatic carbocycles. The number of aromatic nitrogens is 1. The van der Waals surface area contributed by atoms with E-state index >= 15 is 0 Å². The second-order valence-corrected chi connectivity index (χ2v) is 3.43. The summed E-state index contributed by atoms with van der Waals surface area (Å²) < 4.78 is 9.76. The van der Waals surface area contributed by atoms with E-state index in [9.17, 15) is 4.79 Å². The summed E-state index contributed by atoms with van der Waals surface area (Å²) in [6.45, 7) is 2.10. The van der Waals surface area contributed by atoms with E-state index in [4.69, 9.17) is 21.1 Å². The van der Waals surface area contributed by atoms with Crippen LogP contribution >= 0.6 is 11.6 Å². The van der Waals surface area contributed by atoms with E-state index in [0.717, 1.165) is 0 Å². The number of rotatable bonds is 3. The first-order chi connectivity index (χ1) is 8.17. The maximum atomic E-state index is 11.1. The molecule has 0 aromatic carbocycles. The molecule has 0 aliphatic heterocycles. The van der Waals surface area contributed by atoms with Crippen LogP contribution < -0.4 is 4.74 Å². The average Bonchev–Trinajstić information content (AvgIpc) is 2.30. The van der Waals surface area contributed by atoms with Gasteiger partial charge in [0.25, 0.3) is 0 Å². The van der Waals surface area contributed by atoms with Gasteiger partial charge in [-0.1, -0.05) is 23.4 Å². The molecule has 17 heavy (non-hydrogen) atoms. The van der Waals surface area contributed by atoms with Crippen molar-refractivity contribution in [2.24, 2.45) is 0 Å². The summed E-state index contributed by atoms with van der Waals surface area (Å²) in [7, 11) is 1.49. The topological polar surface area (TPSA) is 48.4 Å². The molecular weight excluding hydrogens is 242 g/mol. The van der Waals surface area contributed by atoms with Crippen molar-refractivity contribution in [1.82, 2.24) is 4.98 Å². The van der Waals surface area contributed by atoms with Crippen LogP contribution in [0.5, 0.6) is 5.88 Å². The van der Waals surface area contributed by atoms with Crippen LogP contribution in [0.15, 0.2) is 12.3 Å². The van der Waals surface area contributed by atoms with Crippen LogP contribution in [0.1, 0.15) is 18.9 Å². The van der Waals surface area contributed by atoms with Crippen molar-refractivity contribution in [2.45, 2.75) is 13.3 Å². The van der Waals surface area contributed by atoms with Gasteiger partial charge in [0, 0.05) is 6.20 Å². The Hall–Kier alpha value is -1.73. The lowest BCUT2D eigenvalue weighted by atomic mass is 10.2. The Morgan fingerprint density at radius 2 is 2.35 bits per heavy atom. The minimum atomic E-state index is -0.353. The molecule has 0 aliphatic rings. The molecule has 5 heteroatoms. The molecule has 0 saturated heterocycles. The number of carbonyl (C=O) groups is 1. The van der Waals surface area contributed by atoms with Crippen LogP contribution in [0.3, 0.4) is 0 Å². The lowest BCUT2D eigenvalue weighted by Gasteiger charge is -2.01. The Morgan fingerprint density at radius 3 is 3.00 bits per heavy atom. The molecule has 0 saturated carbocycles. The highest BCUT2D eigenvalue weighted by molar-refractivity contribution is 6.30. The Morgan fingerprint density at radius 1 is 1.59 bits per heavy atom. The zero-order valence-corrected chi connectivity index (χ0v) is 10.4. The molecule has 0 N–H and O–H groups in total.